The Labute approximate surface area is 204 Å². The van der Waals surface area contributed by atoms with Crippen LogP contribution in [0.3, 0.4) is 0 Å². The van der Waals surface area contributed by atoms with Crippen LogP contribution in [0.15, 0.2) is 24.3 Å². The molecular weight excluding hydrogens is 436 g/mol. The molecular formula is C26H44N2O6. The van der Waals surface area contributed by atoms with Gasteiger partial charge in [-0.2, -0.15) is 0 Å². The molecule has 0 saturated heterocycles. The summed E-state index contributed by atoms with van der Waals surface area (Å²) in [4.78, 5) is 35.6. The predicted octanol–water partition coefficient (Wildman–Crippen LogP) is 5.14. The molecule has 2 N–H and O–H groups in total. The third kappa shape index (κ3) is 16.2. The van der Waals surface area contributed by atoms with E-state index in [9.17, 15) is 14.4 Å². The zero-order valence-corrected chi connectivity index (χ0v) is 21.6. The number of hydrogen-bond donors (Lipinski definition) is 2. The number of alkyl carbamates (subject to hydrolysis) is 2. The third-order valence-electron chi connectivity index (χ3n) is 5.11. The largest absolute Gasteiger partial charge is 0.463 e. The Kier molecular flexibility index (Phi) is 14.0. The summed E-state index contributed by atoms with van der Waals surface area (Å²) in [6.45, 7) is 11.5. The summed E-state index contributed by atoms with van der Waals surface area (Å²) in [6, 6.07) is 0. The average Bonchev–Trinajstić information content (AvgIpc) is 2.74. The van der Waals surface area contributed by atoms with E-state index in [1.165, 1.54) is 0 Å². The lowest BCUT2D eigenvalue weighted by Gasteiger charge is -2.26. The molecule has 2 amide bonds. The average molecular weight is 481 g/mol. The zero-order valence-electron chi connectivity index (χ0n) is 21.6. The SMILES string of the molecule is CC(C)OC(=O)CC(CCCNC(=O)OCCCOC(=O)NCC1C=CC=CC1)CC(C)(C)C. The standard InChI is InChI=1S/C26H44N2O6/c1-20(2)34-23(29)17-22(18-26(3,4)5)13-9-14-27-24(30)32-15-10-16-33-25(31)28-19-21-11-7-6-8-12-21/h6-8,11,20-22H,9-10,12-19H2,1-5H3,(H,27,30)(H,28,31). The lowest BCUT2D eigenvalue weighted by molar-refractivity contribution is -0.148. The van der Waals surface area contributed by atoms with Gasteiger partial charge in [-0.25, -0.2) is 9.59 Å². The van der Waals surface area contributed by atoms with Crippen LogP contribution in [0.4, 0.5) is 9.59 Å². The first-order valence-electron chi connectivity index (χ1n) is 12.4. The number of carbonyl (C=O) groups is 3. The van der Waals surface area contributed by atoms with Crippen molar-refractivity contribution in [1.29, 1.82) is 0 Å². The van der Waals surface area contributed by atoms with E-state index in [0.29, 0.717) is 31.8 Å². The van der Waals surface area contributed by atoms with Crippen LogP contribution in [0.5, 0.6) is 0 Å². The van der Waals surface area contributed by atoms with Gasteiger partial charge in [0.05, 0.1) is 19.3 Å². The molecule has 0 fully saturated rings. The topological polar surface area (TPSA) is 103 Å². The number of rotatable bonds is 14. The summed E-state index contributed by atoms with van der Waals surface area (Å²) in [7, 11) is 0. The quantitative estimate of drug-likeness (QED) is 0.203. The van der Waals surface area contributed by atoms with Crippen molar-refractivity contribution in [3.63, 3.8) is 0 Å². The maximum Gasteiger partial charge on any atom is 0.407 e. The molecule has 2 atom stereocenters. The van der Waals surface area contributed by atoms with Gasteiger partial charge in [-0.3, -0.25) is 4.79 Å². The van der Waals surface area contributed by atoms with Crippen LogP contribution < -0.4 is 10.6 Å². The Morgan fingerprint density at radius 1 is 1.00 bits per heavy atom. The van der Waals surface area contributed by atoms with Gasteiger partial charge in [0.1, 0.15) is 0 Å². The van der Waals surface area contributed by atoms with Crippen LogP contribution in [0.1, 0.15) is 73.1 Å². The zero-order chi connectivity index (χ0) is 25.4. The first-order valence-corrected chi connectivity index (χ1v) is 12.4. The van der Waals surface area contributed by atoms with E-state index >= 15 is 0 Å². The number of nitrogens with one attached hydrogen (secondary N) is 2. The van der Waals surface area contributed by atoms with Gasteiger partial charge in [0, 0.05) is 25.9 Å². The summed E-state index contributed by atoms with van der Waals surface area (Å²) in [5.74, 6) is 0.329. The Bertz CT molecular complexity index is 681. The highest BCUT2D eigenvalue weighted by Crippen LogP contribution is 2.29. The van der Waals surface area contributed by atoms with Gasteiger partial charge >= 0.3 is 18.2 Å². The van der Waals surface area contributed by atoms with Crippen LogP contribution in [-0.2, 0) is 19.0 Å². The molecule has 1 rings (SSSR count). The minimum atomic E-state index is -0.492. The molecule has 34 heavy (non-hydrogen) atoms. The highest BCUT2D eigenvalue weighted by Gasteiger charge is 2.22. The molecule has 8 nitrogen and oxygen atoms in total. The summed E-state index contributed by atoms with van der Waals surface area (Å²) in [5, 5.41) is 5.47. The van der Waals surface area contributed by atoms with E-state index in [0.717, 1.165) is 25.7 Å². The molecule has 0 aromatic heterocycles. The first kappa shape index (κ1) is 29.5. The van der Waals surface area contributed by atoms with Crippen molar-refractivity contribution >= 4 is 18.2 Å². The smallest absolute Gasteiger partial charge is 0.407 e. The van der Waals surface area contributed by atoms with E-state index in [1.54, 1.807) is 0 Å². The van der Waals surface area contributed by atoms with E-state index in [-0.39, 0.29) is 36.6 Å². The fourth-order valence-electron chi connectivity index (χ4n) is 3.76. The van der Waals surface area contributed by atoms with Crippen molar-refractivity contribution in [3.8, 4) is 0 Å². The van der Waals surface area contributed by atoms with Crippen molar-refractivity contribution < 1.29 is 28.6 Å². The van der Waals surface area contributed by atoms with Crippen LogP contribution in [-0.4, -0.2) is 50.6 Å². The van der Waals surface area contributed by atoms with E-state index in [2.05, 4.69) is 43.6 Å². The Morgan fingerprint density at radius 3 is 2.26 bits per heavy atom. The normalized spacial score (nSPS) is 16.1. The molecule has 8 heteroatoms. The molecule has 0 aliphatic heterocycles. The second kappa shape index (κ2) is 16.2. The molecule has 0 spiro atoms. The van der Waals surface area contributed by atoms with Crippen molar-refractivity contribution in [2.24, 2.45) is 17.3 Å². The van der Waals surface area contributed by atoms with Crippen LogP contribution in [0.2, 0.25) is 0 Å². The molecule has 194 valence electrons. The van der Waals surface area contributed by atoms with Gasteiger partial charge in [0.2, 0.25) is 0 Å². The molecule has 0 heterocycles. The van der Waals surface area contributed by atoms with Gasteiger partial charge in [-0.1, -0.05) is 45.1 Å². The highest BCUT2D eigenvalue weighted by atomic mass is 16.6. The Balaban J connectivity index is 2.12. The second-order valence-electron chi connectivity index (χ2n) is 10.3. The minimum absolute atomic E-state index is 0.109. The molecule has 1 aliphatic carbocycles. The van der Waals surface area contributed by atoms with E-state index in [4.69, 9.17) is 14.2 Å². The van der Waals surface area contributed by atoms with E-state index in [1.807, 2.05) is 26.0 Å². The van der Waals surface area contributed by atoms with Gasteiger partial charge in [0.25, 0.3) is 0 Å². The molecule has 2 unspecified atom stereocenters. The second-order valence-corrected chi connectivity index (χ2v) is 10.3. The van der Waals surface area contributed by atoms with Gasteiger partial charge < -0.3 is 24.8 Å². The lowest BCUT2D eigenvalue weighted by Crippen LogP contribution is -2.30. The number of allylic oxidation sites excluding steroid dienone is 3. The van der Waals surface area contributed by atoms with Crippen molar-refractivity contribution in [2.75, 3.05) is 26.3 Å². The third-order valence-corrected chi connectivity index (χ3v) is 5.11. The maximum absolute atomic E-state index is 12.1. The molecule has 0 radical (unpaired) electrons. The Hall–Kier alpha value is -2.51. The fourth-order valence-corrected chi connectivity index (χ4v) is 3.76. The molecule has 0 bridgehead atoms. The van der Waals surface area contributed by atoms with Crippen LogP contribution >= 0.6 is 0 Å². The monoisotopic (exact) mass is 480 g/mol. The summed E-state index contributed by atoms with van der Waals surface area (Å²) >= 11 is 0. The first-order chi connectivity index (χ1) is 16.0. The maximum atomic E-state index is 12.1. The molecule has 0 saturated carbocycles. The summed E-state index contributed by atoms with van der Waals surface area (Å²) in [6.07, 6.45) is 11.2. The van der Waals surface area contributed by atoms with Crippen LogP contribution in [0.25, 0.3) is 0 Å². The summed E-state index contributed by atoms with van der Waals surface area (Å²) in [5.41, 5.74) is 0.109. The number of amides is 2. The fraction of sp³-hybridized carbons (Fsp3) is 0.731. The number of ether oxygens (including phenoxy) is 3. The van der Waals surface area contributed by atoms with Gasteiger partial charge in [0.15, 0.2) is 0 Å². The van der Waals surface area contributed by atoms with Crippen molar-refractivity contribution in [3.05, 3.63) is 24.3 Å². The number of hydrogen-bond acceptors (Lipinski definition) is 6. The van der Waals surface area contributed by atoms with Crippen LogP contribution in [0, 0.1) is 17.3 Å². The summed E-state index contributed by atoms with van der Waals surface area (Å²) < 4.78 is 15.5. The minimum Gasteiger partial charge on any atom is -0.463 e. The molecule has 0 aromatic carbocycles. The van der Waals surface area contributed by atoms with Gasteiger partial charge in [-0.15, -0.1) is 0 Å². The number of carbonyl (C=O) groups excluding carboxylic acids is 3. The van der Waals surface area contributed by atoms with Gasteiger partial charge in [-0.05, 0) is 56.8 Å². The van der Waals surface area contributed by atoms with Crippen molar-refractivity contribution in [1.82, 2.24) is 10.6 Å². The number of esters is 1. The Morgan fingerprint density at radius 2 is 1.68 bits per heavy atom. The highest BCUT2D eigenvalue weighted by molar-refractivity contribution is 5.70. The molecule has 0 aromatic rings. The lowest BCUT2D eigenvalue weighted by atomic mass is 9.81. The molecule has 1 aliphatic rings. The predicted molar refractivity (Wildman–Crippen MR) is 132 cm³/mol. The van der Waals surface area contributed by atoms with E-state index < -0.39 is 12.2 Å². The van der Waals surface area contributed by atoms with Crippen molar-refractivity contribution in [2.45, 2.75) is 79.2 Å².